The molecule has 0 atom stereocenters. The number of nitrogens with zero attached hydrogens (tertiary/aromatic N) is 2. The molecule has 0 saturated carbocycles. The van der Waals surface area contributed by atoms with E-state index in [0.29, 0.717) is 17.5 Å². The number of hydrogen-bond acceptors (Lipinski definition) is 4. The Labute approximate surface area is 146 Å². The van der Waals surface area contributed by atoms with Gasteiger partial charge in [0.15, 0.2) is 11.7 Å². The van der Waals surface area contributed by atoms with Gasteiger partial charge in [0.1, 0.15) is 5.01 Å². The first-order valence-electron chi connectivity index (χ1n) is 5.96. The Morgan fingerprint density at radius 1 is 1.36 bits per heavy atom. The lowest BCUT2D eigenvalue weighted by Crippen LogP contribution is -2.36. The van der Waals surface area contributed by atoms with Crippen LogP contribution in [0.4, 0.5) is 13.2 Å². The van der Waals surface area contributed by atoms with E-state index in [9.17, 15) is 13.2 Å². The van der Waals surface area contributed by atoms with Crippen LogP contribution in [0.25, 0.3) is 0 Å². The summed E-state index contributed by atoms with van der Waals surface area (Å²) in [5, 5.41) is 7.25. The van der Waals surface area contributed by atoms with Gasteiger partial charge < -0.3 is 15.1 Å². The molecule has 22 heavy (non-hydrogen) atoms. The minimum Gasteiger partial charge on any atom is -0.472 e. The summed E-state index contributed by atoms with van der Waals surface area (Å²) in [7, 11) is 1.58. The van der Waals surface area contributed by atoms with Crippen molar-refractivity contribution in [1.82, 2.24) is 15.6 Å². The van der Waals surface area contributed by atoms with Crippen LogP contribution in [-0.2, 0) is 19.3 Å². The number of thiazole rings is 1. The molecule has 2 aromatic heterocycles. The maximum absolute atomic E-state index is 12.4. The standard InChI is InChI=1S/C12H13F3N4OS.HI/c1-16-11(17-4-8-2-3-20-6-8)18-5-10-19-9(7-21-10)12(13,14)15;/h2-3,6-7H,4-5H2,1H3,(H2,16,17,18);1H. The molecule has 0 aliphatic rings. The molecule has 0 fully saturated rings. The van der Waals surface area contributed by atoms with E-state index >= 15 is 0 Å². The average Bonchev–Trinajstić information content (AvgIpc) is 3.09. The Bertz CT molecular complexity index is 598. The smallest absolute Gasteiger partial charge is 0.434 e. The SMILES string of the molecule is CN=C(NCc1ccoc1)NCc1nc(C(F)(F)F)cs1.I. The van der Waals surface area contributed by atoms with Crippen molar-refractivity contribution < 1.29 is 17.6 Å². The zero-order chi connectivity index (χ0) is 15.3. The van der Waals surface area contributed by atoms with Gasteiger partial charge >= 0.3 is 6.18 Å². The van der Waals surface area contributed by atoms with Crippen molar-refractivity contribution in [2.75, 3.05) is 7.05 Å². The number of guanidine groups is 1. The van der Waals surface area contributed by atoms with Gasteiger partial charge in [0.2, 0.25) is 0 Å². The zero-order valence-corrected chi connectivity index (χ0v) is 14.6. The highest BCUT2D eigenvalue weighted by molar-refractivity contribution is 14.0. The van der Waals surface area contributed by atoms with Crippen LogP contribution in [-0.4, -0.2) is 18.0 Å². The van der Waals surface area contributed by atoms with Gasteiger partial charge in [-0.25, -0.2) is 4.98 Å². The number of furan rings is 1. The highest BCUT2D eigenvalue weighted by atomic mass is 127. The lowest BCUT2D eigenvalue weighted by molar-refractivity contribution is -0.140. The third kappa shape index (κ3) is 5.48. The van der Waals surface area contributed by atoms with Crippen molar-refractivity contribution in [3.63, 3.8) is 0 Å². The van der Waals surface area contributed by atoms with Crippen LogP contribution in [0.2, 0.25) is 0 Å². The third-order valence-electron chi connectivity index (χ3n) is 2.51. The highest BCUT2D eigenvalue weighted by Crippen LogP contribution is 2.29. The van der Waals surface area contributed by atoms with E-state index < -0.39 is 11.9 Å². The van der Waals surface area contributed by atoms with Crippen molar-refractivity contribution in [2.45, 2.75) is 19.3 Å². The summed E-state index contributed by atoms with van der Waals surface area (Å²) in [5.74, 6) is 0.472. The molecule has 122 valence electrons. The summed E-state index contributed by atoms with van der Waals surface area (Å²) in [6, 6.07) is 1.80. The van der Waals surface area contributed by atoms with Gasteiger partial charge in [0.25, 0.3) is 0 Å². The number of alkyl halides is 3. The third-order valence-corrected chi connectivity index (χ3v) is 3.36. The molecule has 0 unspecified atom stereocenters. The van der Waals surface area contributed by atoms with Crippen molar-refractivity contribution >= 4 is 41.3 Å². The molecule has 10 heteroatoms. The Morgan fingerprint density at radius 3 is 2.64 bits per heavy atom. The van der Waals surface area contributed by atoms with E-state index in [-0.39, 0.29) is 30.5 Å². The summed E-state index contributed by atoms with van der Waals surface area (Å²) in [4.78, 5) is 7.51. The number of nitrogens with one attached hydrogen (secondary N) is 2. The van der Waals surface area contributed by atoms with Crippen LogP contribution >= 0.6 is 35.3 Å². The predicted octanol–water partition coefficient (Wildman–Crippen LogP) is 3.24. The van der Waals surface area contributed by atoms with Crippen molar-refractivity contribution in [3.8, 4) is 0 Å². The monoisotopic (exact) mass is 446 g/mol. The predicted molar refractivity (Wildman–Crippen MR) is 88.3 cm³/mol. The molecule has 0 bridgehead atoms. The number of aromatic nitrogens is 1. The Morgan fingerprint density at radius 2 is 2.09 bits per heavy atom. The molecule has 5 nitrogen and oxygen atoms in total. The van der Waals surface area contributed by atoms with Gasteiger partial charge in [-0.3, -0.25) is 4.99 Å². The van der Waals surface area contributed by atoms with Gasteiger partial charge in [-0.1, -0.05) is 0 Å². The molecule has 2 N–H and O–H groups in total. The van der Waals surface area contributed by atoms with Crippen molar-refractivity contribution in [2.24, 2.45) is 4.99 Å². The fourth-order valence-corrected chi connectivity index (χ4v) is 2.22. The van der Waals surface area contributed by atoms with Crippen LogP contribution in [0.3, 0.4) is 0 Å². The normalized spacial score (nSPS) is 11.9. The number of rotatable bonds is 4. The van der Waals surface area contributed by atoms with E-state index in [1.165, 1.54) is 0 Å². The molecule has 2 heterocycles. The Balaban J connectivity index is 0.00000242. The summed E-state index contributed by atoms with van der Waals surface area (Å²) in [5.41, 5.74) is 0.0669. The second-order valence-electron chi connectivity index (χ2n) is 4.04. The minimum absolute atomic E-state index is 0. The minimum atomic E-state index is -4.41. The second-order valence-corrected chi connectivity index (χ2v) is 4.98. The summed E-state index contributed by atoms with van der Waals surface area (Å²) in [6.45, 7) is 0.674. The van der Waals surface area contributed by atoms with Crippen LogP contribution < -0.4 is 10.6 Å². The van der Waals surface area contributed by atoms with Crippen LogP contribution in [0.5, 0.6) is 0 Å². The van der Waals surface area contributed by atoms with Crippen molar-refractivity contribution in [3.05, 3.63) is 40.2 Å². The molecule has 0 amide bonds. The molecule has 0 aliphatic heterocycles. The lowest BCUT2D eigenvalue weighted by Gasteiger charge is -2.09. The first-order chi connectivity index (χ1) is 9.99. The fourth-order valence-electron chi connectivity index (χ4n) is 1.48. The molecule has 0 saturated heterocycles. The van der Waals surface area contributed by atoms with Gasteiger partial charge in [-0.05, 0) is 6.07 Å². The summed E-state index contributed by atoms with van der Waals surface area (Å²) >= 11 is 0.953. The van der Waals surface area contributed by atoms with E-state index in [0.717, 1.165) is 22.3 Å². The number of halogens is 4. The summed E-state index contributed by atoms with van der Waals surface area (Å²) in [6.07, 6.45) is -1.26. The fraction of sp³-hybridized carbons (Fsp3) is 0.333. The van der Waals surface area contributed by atoms with E-state index in [1.807, 2.05) is 0 Å². The molecular formula is C12H14F3IN4OS. The highest BCUT2D eigenvalue weighted by Gasteiger charge is 2.33. The Hall–Kier alpha value is -1.30. The van der Waals surface area contributed by atoms with Gasteiger partial charge in [-0.15, -0.1) is 35.3 Å². The molecule has 0 radical (unpaired) electrons. The van der Waals surface area contributed by atoms with E-state index in [2.05, 4.69) is 20.6 Å². The first kappa shape index (κ1) is 18.7. The first-order valence-corrected chi connectivity index (χ1v) is 6.84. The summed E-state index contributed by atoms with van der Waals surface area (Å²) < 4.78 is 42.2. The molecular weight excluding hydrogens is 432 g/mol. The molecule has 0 aromatic carbocycles. The maximum atomic E-state index is 12.4. The second kappa shape index (κ2) is 8.36. The Kier molecular flexibility index (Phi) is 7.13. The van der Waals surface area contributed by atoms with Crippen LogP contribution in [0, 0.1) is 0 Å². The molecule has 0 spiro atoms. The van der Waals surface area contributed by atoms with Crippen molar-refractivity contribution in [1.29, 1.82) is 0 Å². The van der Waals surface area contributed by atoms with Gasteiger partial charge in [-0.2, -0.15) is 13.2 Å². The topological polar surface area (TPSA) is 62.5 Å². The molecule has 0 aliphatic carbocycles. The van der Waals surface area contributed by atoms with Crippen LogP contribution in [0.15, 0.2) is 33.4 Å². The zero-order valence-electron chi connectivity index (χ0n) is 11.5. The van der Waals surface area contributed by atoms with Gasteiger partial charge in [0.05, 0.1) is 19.1 Å². The maximum Gasteiger partial charge on any atom is 0.434 e. The van der Waals surface area contributed by atoms with E-state index in [1.54, 1.807) is 25.6 Å². The molecule has 2 aromatic rings. The van der Waals surface area contributed by atoms with E-state index in [4.69, 9.17) is 4.42 Å². The number of aliphatic imine (C=N–C) groups is 1. The van der Waals surface area contributed by atoms with Crippen LogP contribution in [0.1, 0.15) is 16.3 Å². The lowest BCUT2D eigenvalue weighted by atomic mass is 10.3. The average molecular weight is 446 g/mol. The van der Waals surface area contributed by atoms with Gasteiger partial charge in [0, 0.05) is 24.5 Å². The molecule has 2 rings (SSSR count). The number of hydrogen-bond donors (Lipinski definition) is 2. The largest absolute Gasteiger partial charge is 0.472 e. The quantitative estimate of drug-likeness (QED) is 0.430.